The van der Waals surface area contributed by atoms with E-state index in [0.717, 1.165) is 11.0 Å². The van der Waals surface area contributed by atoms with E-state index in [0.29, 0.717) is 25.7 Å². The first-order valence-corrected chi connectivity index (χ1v) is 7.24. The predicted octanol–water partition coefficient (Wildman–Crippen LogP) is 0.876. The van der Waals surface area contributed by atoms with Gasteiger partial charge in [0.2, 0.25) is 5.91 Å². The fraction of sp³-hybridized carbons (Fsp3) is 0.727. The van der Waals surface area contributed by atoms with Crippen molar-refractivity contribution < 1.29 is 18.4 Å². The number of likely N-dealkylation sites (N-methyl/N-ethyl adjacent to an activating group) is 1. The van der Waals surface area contributed by atoms with E-state index in [-0.39, 0.29) is 5.91 Å². The van der Waals surface area contributed by atoms with Crippen molar-refractivity contribution in [3.63, 3.8) is 0 Å². The first-order valence-electron chi connectivity index (χ1n) is 5.71. The van der Waals surface area contributed by atoms with Crippen molar-refractivity contribution in [1.29, 1.82) is 0 Å². The third kappa shape index (κ3) is 11.6. The number of hydrogen-bond donors (Lipinski definition) is 1. The zero-order chi connectivity index (χ0) is 13.3. The summed E-state index contributed by atoms with van der Waals surface area (Å²) in [5.74, 6) is -0.198. The molecule has 0 aromatic rings. The van der Waals surface area contributed by atoms with Crippen LogP contribution in [0.3, 0.4) is 0 Å². The molecule has 0 saturated carbocycles. The molecule has 0 bridgehead atoms. The Kier molecular flexibility index (Phi) is 8.13. The van der Waals surface area contributed by atoms with Crippen LogP contribution in [-0.2, 0) is 13.9 Å². The number of carbonyl (C=O) groups excluding carboxylic acids is 1. The first kappa shape index (κ1) is 16.4. The molecule has 1 atom stereocenters. The summed E-state index contributed by atoms with van der Waals surface area (Å²) in [5.41, 5.74) is 0. The highest BCUT2D eigenvalue weighted by Gasteiger charge is 2.08. The van der Waals surface area contributed by atoms with Crippen LogP contribution >= 0.6 is 8.03 Å². The topological polar surface area (TPSA) is 55.4 Å². The second-order valence-corrected chi connectivity index (χ2v) is 6.37. The van der Waals surface area contributed by atoms with Gasteiger partial charge in [0.1, 0.15) is 13.2 Å². The van der Waals surface area contributed by atoms with Gasteiger partial charge in [-0.3, -0.25) is 9.36 Å². The van der Waals surface area contributed by atoms with Crippen molar-refractivity contribution in [3.05, 3.63) is 12.7 Å². The summed E-state index contributed by atoms with van der Waals surface area (Å²) < 4.78 is 17.5. The summed E-state index contributed by atoms with van der Waals surface area (Å²) in [5, 5.41) is 2.63. The number of hydrogen-bond acceptors (Lipinski definition) is 3. The molecule has 0 heterocycles. The molecule has 0 spiro atoms. The van der Waals surface area contributed by atoms with Gasteiger partial charge in [-0.1, -0.05) is 6.58 Å². The Balaban J connectivity index is 3.47. The monoisotopic (exact) mass is 263 g/mol. The van der Waals surface area contributed by atoms with Gasteiger partial charge >= 0.3 is 0 Å². The maximum Gasteiger partial charge on any atom is 0.243 e. The van der Waals surface area contributed by atoms with Gasteiger partial charge in [0.25, 0.3) is 0 Å². The lowest BCUT2D eigenvalue weighted by Gasteiger charge is -2.23. The number of amides is 1. The van der Waals surface area contributed by atoms with Gasteiger partial charge in [0.05, 0.1) is 21.1 Å². The van der Waals surface area contributed by atoms with E-state index in [2.05, 4.69) is 33.0 Å². The average molecular weight is 263 g/mol. The van der Waals surface area contributed by atoms with E-state index in [1.807, 2.05) is 0 Å². The minimum Gasteiger partial charge on any atom is -0.353 e. The lowest BCUT2D eigenvalue weighted by molar-refractivity contribution is -0.870. The summed E-state index contributed by atoms with van der Waals surface area (Å²) in [4.78, 5) is 10.8. The molecule has 0 fully saturated rings. The van der Waals surface area contributed by atoms with Crippen LogP contribution in [0.4, 0.5) is 0 Å². The summed E-state index contributed by atoms with van der Waals surface area (Å²) in [7, 11) is 4.23. The third-order valence-electron chi connectivity index (χ3n) is 2.07. The molecule has 1 amide bonds. The van der Waals surface area contributed by atoms with Gasteiger partial charge in [-0.2, -0.15) is 0 Å². The molecule has 0 radical (unpaired) electrons. The molecular weight excluding hydrogens is 239 g/mol. The first-order chi connectivity index (χ1) is 7.85. The molecule has 1 unspecified atom stereocenters. The average Bonchev–Trinajstić information content (AvgIpc) is 2.22. The zero-order valence-electron chi connectivity index (χ0n) is 11.0. The molecule has 0 aliphatic carbocycles. The maximum atomic E-state index is 11.5. The summed E-state index contributed by atoms with van der Waals surface area (Å²) in [6.07, 6.45) is 2.40. The normalized spacial score (nSPS) is 13.1. The van der Waals surface area contributed by atoms with Gasteiger partial charge in [-0.15, -0.1) is 0 Å². The number of nitrogens with one attached hydrogen (secondary N) is 1. The van der Waals surface area contributed by atoms with Crippen LogP contribution < -0.4 is 5.32 Å². The van der Waals surface area contributed by atoms with Crippen LogP contribution in [0.1, 0.15) is 6.42 Å². The summed E-state index contributed by atoms with van der Waals surface area (Å²) in [6, 6.07) is 0. The highest BCUT2D eigenvalue weighted by molar-refractivity contribution is 7.39. The standard InChI is InChI=1S/C11H23N2O3P/c1-5-11(14)12-7-6-10-17(15)16-9-8-13(2,3)4/h5,17H,1,6-10H2,2-4H3/p+1. The fourth-order valence-electron chi connectivity index (χ4n) is 1.02. The second-order valence-electron chi connectivity index (χ2n) is 4.83. The Morgan fingerprint density at radius 3 is 2.65 bits per heavy atom. The predicted molar refractivity (Wildman–Crippen MR) is 70.5 cm³/mol. The Morgan fingerprint density at radius 2 is 2.12 bits per heavy atom. The Morgan fingerprint density at radius 1 is 1.47 bits per heavy atom. The van der Waals surface area contributed by atoms with Crippen LogP contribution in [0.15, 0.2) is 12.7 Å². The molecule has 0 rings (SSSR count). The van der Waals surface area contributed by atoms with E-state index < -0.39 is 8.03 Å². The molecule has 0 aliphatic rings. The lowest BCUT2D eigenvalue weighted by Crippen LogP contribution is -2.37. The van der Waals surface area contributed by atoms with Gasteiger partial charge in [-0.05, 0) is 12.5 Å². The lowest BCUT2D eigenvalue weighted by atomic mass is 10.4. The van der Waals surface area contributed by atoms with Gasteiger partial charge < -0.3 is 14.3 Å². The van der Waals surface area contributed by atoms with Crippen LogP contribution in [-0.4, -0.2) is 57.4 Å². The maximum absolute atomic E-state index is 11.5. The van der Waals surface area contributed by atoms with Crippen LogP contribution in [0.25, 0.3) is 0 Å². The van der Waals surface area contributed by atoms with E-state index in [1.165, 1.54) is 6.08 Å². The van der Waals surface area contributed by atoms with Crippen LogP contribution in [0.2, 0.25) is 0 Å². The highest BCUT2D eigenvalue weighted by Crippen LogP contribution is 2.22. The van der Waals surface area contributed by atoms with Crippen molar-refractivity contribution in [1.82, 2.24) is 5.32 Å². The van der Waals surface area contributed by atoms with E-state index in [9.17, 15) is 9.36 Å². The number of rotatable bonds is 9. The molecule has 100 valence electrons. The molecule has 5 nitrogen and oxygen atoms in total. The Bertz CT molecular complexity index is 274. The van der Waals surface area contributed by atoms with Gasteiger partial charge in [-0.25, -0.2) is 0 Å². The highest BCUT2D eigenvalue weighted by atomic mass is 31.1. The molecule has 0 aromatic carbocycles. The molecule has 1 N–H and O–H groups in total. The molecule has 0 saturated heterocycles. The van der Waals surface area contributed by atoms with Crippen molar-refractivity contribution >= 4 is 13.9 Å². The van der Waals surface area contributed by atoms with Crippen molar-refractivity contribution in [2.75, 3.05) is 47.0 Å². The number of carbonyl (C=O) groups is 1. The molecule has 17 heavy (non-hydrogen) atoms. The second kappa shape index (κ2) is 8.45. The quantitative estimate of drug-likeness (QED) is 0.291. The minimum absolute atomic E-state index is 0.198. The SMILES string of the molecule is C=CC(=O)NCCC[PH](=O)OCC[N+](C)(C)C. The zero-order valence-corrected chi connectivity index (χ0v) is 12.0. The van der Waals surface area contributed by atoms with Crippen LogP contribution in [0, 0.1) is 0 Å². The van der Waals surface area contributed by atoms with Crippen LogP contribution in [0.5, 0.6) is 0 Å². The van der Waals surface area contributed by atoms with Gasteiger partial charge in [0.15, 0.2) is 8.03 Å². The van der Waals surface area contributed by atoms with Crippen molar-refractivity contribution in [2.45, 2.75) is 6.42 Å². The fourth-order valence-corrected chi connectivity index (χ4v) is 1.95. The van der Waals surface area contributed by atoms with E-state index in [4.69, 9.17) is 4.52 Å². The summed E-state index contributed by atoms with van der Waals surface area (Å²) in [6.45, 7) is 5.21. The molecule has 6 heteroatoms. The Hall–Kier alpha value is -0.640. The molecule has 0 aliphatic heterocycles. The number of nitrogens with zero attached hydrogens (tertiary/aromatic N) is 1. The van der Waals surface area contributed by atoms with Crippen molar-refractivity contribution in [3.8, 4) is 0 Å². The van der Waals surface area contributed by atoms with E-state index in [1.54, 1.807) is 0 Å². The smallest absolute Gasteiger partial charge is 0.243 e. The Labute approximate surface area is 104 Å². The number of quaternary nitrogens is 1. The van der Waals surface area contributed by atoms with E-state index >= 15 is 0 Å². The largest absolute Gasteiger partial charge is 0.353 e. The minimum atomic E-state index is -1.95. The third-order valence-corrected chi connectivity index (χ3v) is 3.36. The molecular formula is C11H24N2O3P+. The summed E-state index contributed by atoms with van der Waals surface area (Å²) >= 11 is 0. The molecule has 0 aromatic heterocycles. The van der Waals surface area contributed by atoms with Crippen molar-refractivity contribution in [2.24, 2.45) is 0 Å². The van der Waals surface area contributed by atoms with Gasteiger partial charge in [0, 0.05) is 12.7 Å².